The third-order valence-electron chi connectivity index (χ3n) is 5.93. The number of alkyl halides is 3. The predicted octanol–water partition coefficient (Wildman–Crippen LogP) is 4.34. The van der Waals surface area contributed by atoms with E-state index in [9.17, 15) is 13.2 Å². The number of rotatable bonds is 2. The average molecular weight is 366 g/mol. The van der Waals surface area contributed by atoms with Gasteiger partial charge in [-0.1, -0.05) is 0 Å². The van der Waals surface area contributed by atoms with Gasteiger partial charge in [-0.25, -0.2) is 9.50 Å². The predicted molar refractivity (Wildman–Crippen MR) is 93.3 cm³/mol. The van der Waals surface area contributed by atoms with Gasteiger partial charge in [-0.05, 0) is 58.1 Å². The van der Waals surface area contributed by atoms with Crippen LogP contribution in [0.15, 0.2) is 12.1 Å². The largest absolute Gasteiger partial charge is 0.391 e. The second-order valence-electron chi connectivity index (χ2n) is 7.80. The monoisotopic (exact) mass is 366 g/mol. The Balaban J connectivity index is 1.60. The summed E-state index contributed by atoms with van der Waals surface area (Å²) in [5, 5.41) is 8.22. The van der Waals surface area contributed by atoms with Gasteiger partial charge < -0.3 is 5.32 Å². The summed E-state index contributed by atoms with van der Waals surface area (Å²) in [6.45, 7) is 3.97. The smallest absolute Gasteiger partial charge is 0.316 e. The van der Waals surface area contributed by atoms with Crippen LogP contribution in [0.5, 0.6) is 0 Å². The van der Waals surface area contributed by atoms with Crippen molar-refractivity contribution in [2.24, 2.45) is 5.92 Å². The summed E-state index contributed by atoms with van der Waals surface area (Å²) in [7, 11) is 0. The van der Waals surface area contributed by atoms with Crippen molar-refractivity contribution >= 4 is 5.65 Å². The first kappa shape index (κ1) is 17.8. The number of hydrogen-bond donors (Lipinski definition) is 1. The SMILES string of the molecule is Cc1cc(C2CCCNC2)n2nc([C@H]3CC[C@H](C(F)(F)F)CC3)cc2n1. The van der Waals surface area contributed by atoms with Crippen LogP contribution in [-0.2, 0) is 0 Å². The van der Waals surface area contributed by atoms with Crippen LogP contribution in [0, 0.1) is 12.8 Å². The van der Waals surface area contributed by atoms with Gasteiger partial charge in [0.25, 0.3) is 0 Å². The molecule has 1 aliphatic heterocycles. The van der Waals surface area contributed by atoms with Crippen LogP contribution in [-0.4, -0.2) is 33.9 Å². The molecule has 4 rings (SSSR count). The van der Waals surface area contributed by atoms with Crippen LogP contribution >= 0.6 is 0 Å². The van der Waals surface area contributed by atoms with Crippen molar-refractivity contribution < 1.29 is 13.2 Å². The number of aromatic nitrogens is 3. The molecule has 1 atom stereocenters. The fraction of sp³-hybridized carbons (Fsp3) is 0.684. The zero-order chi connectivity index (χ0) is 18.3. The molecular weight excluding hydrogens is 341 g/mol. The molecule has 0 amide bonds. The van der Waals surface area contributed by atoms with Gasteiger partial charge in [0.2, 0.25) is 0 Å². The minimum absolute atomic E-state index is 0.105. The quantitative estimate of drug-likeness (QED) is 0.860. The number of piperidine rings is 1. The standard InChI is InChI=1S/C19H25F3N4/c1-12-9-17(14-3-2-8-23-11-14)26-18(24-12)10-16(25-26)13-4-6-15(7-5-13)19(20,21)22/h9-10,13-15,23H,2-8,11H2,1H3/t13-,14?,15-. The summed E-state index contributed by atoms with van der Waals surface area (Å²) in [6.07, 6.45) is -0.299. The Morgan fingerprint density at radius 3 is 2.50 bits per heavy atom. The molecule has 1 saturated heterocycles. The van der Waals surface area contributed by atoms with Crippen molar-refractivity contribution in [1.29, 1.82) is 0 Å². The van der Waals surface area contributed by atoms with Gasteiger partial charge in [-0.2, -0.15) is 18.3 Å². The average Bonchev–Trinajstić information content (AvgIpc) is 3.05. The summed E-state index contributed by atoms with van der Waals surface area (Å²) < 4.78 is 40.6. The highest BCUT2D eigenvalue weighted by Gasteiger charge is 2.42. The van der Waals surface area contributed by atoms with E-state index in [1.54, 1.807) is 0 Å². The molecule has 2 aromatic heterocycles. The lowest BCUT2D eigenvalue weighted by Gasteiger charge is -2.28. The van der Waals surface area contributed by atoms with E-state index in [2.05, 4.69) is 16.4 Å². The molecular formula is C19H25F3N4. The molecule has 0 radical (unpaired) electrons. The van der Waals surface area contributed by atoms with E-state index in [1.165, 1.54) is 0 Å². The molecule has 0 spiro atoms. The Kier molecular flexibility index (Phi) is 4.67. The second kappa shape index (κ2) is 6.83. The molecule has 1 unspecified atom stereocenters. The fourth-order valence-corrected chi connectivity index (χ4v) is 4.46. The van der Waals surface area contributed by atoms with E-state index in [1.807, 2.05) is 17.5 Å². The first-order chi connectivity index (χ1) is 12.4. The van der Waals surface area contributed by atoms with E-state index in [0.29, 0.717) is 18.8 Å². The zero-order valence-corrected chi connectivity index (χ0v) is 15.0. The molecule has 2 aromatic rings. The fourth-order valence-electron chi connectivity index (χ4n) is 4.46. The highest BCUT2D eigenvalue weighted by molar-refractivity contribution is 5.43. The molecule has 4 nitrogen and oxygen atoms in total. The van der Waals surface area contributed by atoms with E-state index in [0.717, 1.165) is 48.7 Å². The number of aryl methyl sites for hydroxylation is 1. The molecule has 2 aliphatic rings. The molecule has 1 N–H and O–H groups in total. The molecule has 7 heteroatoms. The van der Waals surface area contributed by atoms with E-state index in [-0.39, 0.29) is 18.8 Å². The van der Waals surface area contributed by atoms with E-state index >= 15 is 0 Å². The van der Waals surface area contributed by atoms with Crippen molar-refractivity contribution in [2.75, 3.05) is 13.1 Å². The van der Waals surface area contributed by atoms with Crippen molar-refractivity contribution in [2.45, 2.75) is 63.5 Å². The molecule has 26 heavy (non-hydrogen) atoms. The number of halogens is 3. The topological polar surface area (TPSA) is 42.2 Å². The third-order valence-corrected chi connectivity index (χ3v) is 5.93. The molecule has 0 aromatic carbocycles. The lowest BCUT2D eigenvalue weighted by molar-refractivity contribution is -0.182. The summed E-state index contributed by atoms with van der Waals surface area (Å²) in [4.78, 5) is 4.60. The molecule has 142 valence electrons. The zero-order valence-electron chi connectivity index (χ0n) is 15.0. The third kappa shape index (κ3) is 3.46. The van der Waals surface area contributed by atoms with Crippen LogP contribution in [0.2, 0.25) is 0 Å². The molecule has 3 heterocycles. The van der Waals surface area contributed by atoms with Gasteiger partial charge in [0.1, 0.15) is 0 Å². The lowest BCUT2D eigenvalue weighted by Crippen LogP contribution is -2.29. The van der Waals surface area contributed by atoms with Gasteiger partial charge in [-0.3, -0.25) is 0 Å². The highest BCUT2D eigenvalue weighted by Crippen LogP contribution is 2.42. The van der Waals surface area contributed by atoms with Gasteiger partial charge in [0.15, 0.2) is 5.65 Å². The Labute approximate surface area is 151 Å². The summed E-state index contributed by atoms with van der Waals surface area (Å²) in [6, 6.07) is 4.08. The van der Waals surface area contributed by atoms with Crippen molar-refractivity contribution in [1.82, 2.24) is 19.9 Å². The lowest BCUT2D eigenvalue weighted by atomic mass is 9.80. The van der Waals surface area contributed by atoms with Crippen LogP contribution in [0.25, 0.3) is 5.65 Å². The maximum atomic E-state index is 12.9. The first-order valence-corrected chi connectivity index (χ1v) is 9.56. The Morgan fingerprint density at radius 2 is 1.85 bits per heavy atom. The first-order valence-electron chi connectivity index (χ1n) is 9.56. The van der Waals surface area contributed by atoms with Crippen molar-refractivity contribution in [3.8, 4) is 0 Å². The van der Waals surface area contributed by atoms with E-state index in [4.69, 9.17) is 5.10 Å². The minimum atomic E-state index is -4.07. The number of fused-ring (bicyclic) bond motifs is 1. The summed E-state index contributed by atoms with van der Waals surface area (Å²) >= 11 is 0. The normalized spacial score (nSPS) is 27.8. The number of nitrogens with one attached hydrogen (secondary N) is 1. The van der Waals surface area contributed by atoms with Crippen LogP contribution < -0.4 is 5.32 Å². The van der Waals surface area contributed by atoms with Crippen molar-refractivity contribution in [3.05, 3.63) is 29.2 Å². The highest BCUT2D eigenvalue weighted by atomic mass is 19.4. The molecule has 0 bridgehead atoms. The summed E-state index contributed by atoms with van der Waals surface area (Å²) in [5.74, 6) is -0.644. The van der Waals surface area contributed by atoms with E-state index < -0.39 is 12.1 Å². The Bertz CT molecular complexity index is 769. The van der Waals surface area contributed by atoms with Crippen LogP contribution in [0.1, 0.15) is 67.4 Å². The molecule has 1 saturated carbocycles. The number of hydrogen-bond acceptors (Lipinski definition) is 3. The van der Waals surface area contributed by atoms with Crippen LogP contribution in [0.4, 0.5) is 13.2 Å². The second-order valence-corrected chi connectivity index (χ2v) is 7.80. The van der Waals surface area contributed by atoms with Gasteiger partial charge >= 0.3 is 6.18 Å². The minimum Gasteiger partial charge on any atom is -0.316 e. The van der Waals surface area contributed by atoms with Crippen LogP contribution in [0.3, 0.4) is 0 Å². The van der Waals surface area contributed by atoms with Gasteiger partial charge in [0, 0.05) is 30.1 Å². The number of nitrogens with zero attached hydrogens (tertiary/aromatic N) is 3. The Hall–Kier alpha value is -1.63. The maximum absolute atomic E-state index is 12.9. The van der Waals surface area contributed by atoms with Crippen molar-refractivity contribution in [3.63, 3.8) is 0 Å². The molecule has 2 fully saturated rings. The maximum Gasteiger partial charge on any atom is 0.391 e. The summed E-state index contributed by atoms with van der Waals surface area (Å²) in [5.41, 5.74) is 3.84. The van der Waals surface area contributed by atoms with Gasteiger partial charge in [0.05, 0.1) is 17.3 Å². The molecule has 1 aliphatic carbocycles. The Morgan fingerprint density at radius 1 is 1.08 bits per heavy atom. The van der Waals surface area contributed by atoms with Gasteiger partial charge in [-0.15, -0.1) is 0 Å².